The number of aryl methyl sites for hydroxylation is 1. The van der Waals surface area contributed by atoms with Gasteiger partial charge in [-0.1, -0.05) is 35.5 Å². The highest BCUT2D eigenvalue weighted by atomic mass is 19.1. The largest absolute Gasteiger partial charge is 0.349 e. The summed E-state index contributed by atoms with van der Waals surface area (Å²) in [6, 6.07) is 14.3. The molecule has 0 aliphatic carbocycles. The Morgan fingerprint density at radius 3 is 2.63 bits per heavy atom. The van der Waals surface area contributed by atoms with Gasteiger partial charge in [-0.05, 0) is 50.5 Å². The van der Waals surface area contributed by atoms with Crippen molar-refractivity contribution in [2.45, 2.75) is 38.8 Å². The fourth-order valence-electron chi connectivity index (χ4n) is 3.70. The topological polar surface area (TPSA) is 71.3 Å². The van der Waals surface area contributed by atoms with Crippen molar-refractivity contribution in [3.05, 3.63) is 71.4 Å². The maximum atomic E-state index is 13.8. The molecule has 0 bridgehead atoms. The highest BCUT2D eigenvalue weighted by Crippen LogP contribution is 2.26. The molecule has 0 unspecified atom stereocenters. The number of carbonyl (C=O) groups is 1. The summed E-state index contributed by atoms with van der Waals surface area (Å²) in [7, 11) is 0. The van der Waals surface area contributed by atoms with Crippen LogP contribution in [0.15, 0.2) is 53.1 Å². The number of amides is 1. The van der Waals surface area contributed by atoms with Gasteiger partial charge in [-0.3, -0.25) is 9.69 Å². The van der Waals surface area contributed by atoms with E-state index in [2.05, 4.69) is 20.4 Å². The third-order valence-electron chi connectivity index (χ3n) is 5.68. The highest BCUT2D eigenvalue weighted by molar-refractivity contribution is 5.94. The van der Waals surface area contributed by atoms with Crippen LogP contribution in [-0.4, -0.2) is 40.1 Å². The number of hydrogen-bond donors (Lipinski definition) is 1. The molecule has 0 saturated carbocycles. The number of piperidine rings is 1. The number of nitrogens with one attached hydrogen (secondary N) is 1. The maximum Gasteiger partial charge on any atom is 0.251 e. The van der Waals surface area contributed by atoms with Crippen LogP contribution in [0.25, 0.3) is 11.4 Å². The van der Waals surface area contributed by atoms with Crippen LogP contribution in [-0.2, 0) is 0 Å². The zero-order valence-electron chi connectivity index (χ0n) is 17.1. The fraction of sp³-hybridized carbons (Fsp3) is 0.348. The smallest absolute Gasteiger partial charge is 0.251 e. The molecule has 2 aromatic carbocycles. The van der Waals surface area contributed by atoms with E-state index in [1.807, 2.05) is 37.3 Å². The molecule has 4 rings (SSSR count). The van der Waals surface area contributed by atoms with Gasteiger partial charge in [0.2, 0.25) is 11.7 Å². The standard InChI is InChI=1S/C23H25FN4O2/c1-15-8-9-18(14-20(15)24)21-26-23(30-27-21)16(2)28-12-10-19(11-13-28)25-22(29)17-6-4-3-5-7-17/h3-9,14,16,19H,10-13H2,1-2H3,(H,25,29)/t16-/m1/s1. The van der Waals surface area contributed by atoms with E-state index in [1.165, 1.54) is 6.07 Å². The van der Waals surface area contributed by atoms with Gasteiger partial charge in [0.25, 0.3) is 5.91 Å². The van der Waals surface area contributed by atoms with Gasteiger partial charge in [-0.15, -0.1) is 0 Å². The minimum atomic E-state index is -0.286. The van der Waals surface area contributed by atoms with Crippen molar-refractivity contribution in [1.82, 2.24) is 20.4 Å². The summed E-state index contributed by atoms with van der Waals surface area (Å²) in [5, 5.41) is 7.14. The lowest BCUT2D eigenvalue weighted by Crippen LogP contribution is -2.45. The molecule has 2 heterocycles. The first-order chi connectivity index (χ1) is 14.5. The van der Waals surface area contributed by atoms with Crippen molar-refractivity contribution < 1.29 is 13.7 Å². The zero-order chi connectivity index (χ0) is 21.1. The molecule has 1 aromatic heterocycles. The Morgan fingerprint density at radius 2 is 1.93 bits per heavy atom. The second-order valence-corrected chi connectivity index (χ2v) is 7.75. The number of aromatic nitrogens is 2. The van der Waals surface area contributed by atoms with Crippen molar-refractivity contribution in [3.63, 3.8) is 0 Å². The summed E-state index contributed by atoms with van der Waals surface area (Å²) in [6.07, 6.45) is 1.71. The molecule has 7 heteroatoms. The number of hydrogen-bond acceptors (Lipinski definition) is 5. The van der Waals surface area contributed by atoms with E-state index in [1.54, 1.807) is 19.1 Å². The van der Waals surface area contributed by atoms with E-state index < -0.39 is 0 Å². The van der Waals surface area contributed by atoms with Crippen molar-refractivity contribution in [2.24, 2.45) is 0 Å². The van der Waals surface area contributed by atoms with Crippen LogP contribution in [0.2, 0.25) is 0 Å². The van der Waals surface area contributed by atoms with Gasteiger partial charge in [0.15, 0.2) is 0 Å². The van der Waals surface area contributed by atoms with Gasteiger partial charge in [-0.25, -0.2) is 4.39 Å². The number of halogens is 1. The van der Waals surface area contributed by atoms with E-state index >= 15 is 0 Å². The minimum Gasteiger partial charge on any atom is -0.349 e. The molecule has 1 fully saturated rings. The lowest BCUT2D eigenvalue weighted by molar-refractivity contribution is 0.0881. The number of carbonyl (C=O) groups excluding carboxylic acids is 1. The summed E-state index contributed by atoms with van der Waals surface area (Å²) < 4.78 is 19.3. The molecular weight excluding hydrogens is 383 g/mol. The zero-order valence-corrected chi connectivity index (χ0v) is 17.1. The van der Waals surface area contributed by atoms with Crippen LogP contribution >= 0.6 is 0 Å². The normalized spacial score (nSPS) is 16.4. The van der Waals surface area contributed by atoms with Crippen LogP contribution < -0.4 is 5.32 Å². The first-order valence-electron chi connectivity index (χ1n) is 10.2. The average Bonchev–Trinajstić information content (AvgIpc) is 3.26. The number of benzene rings is 2. The van der Waals surface area contributed by atoms with Gasteiger partial charge in [0, 0.05) is 30.3 Å². The molecule has 1 aliphatic heterocycles. The Morgan fingerprint density at radius 1 is 1.20 bits per heavy atom. The third kappa shape index (κ3) is 4.41. The fourth-order valence-corrected chi connectivity index (χ4v) is 3.70. The Balaban J connectivity index is 1.34. The first kappa shape index (κ1) is 20.2. The highest BCUT2D eigenvalue weighted by Gasteiger charge is 2.27. The molecule has 1 N–H and O–H groups in total. The Kier molecular flexibility index (Phi) is 5.90. The summed E-state index contributed by atoms with van der Waals surface area (Å²) in [5.74, 6) is 0.582. The lowest BCUT2D eigenvalue weighted by atomic mass is 10.0. The number of rotatable bonds is 5. The molecule has 0 radical (unpaired) electrons. The molecule has 6 nitrogen and oxygen atoms in total. The molecule has 1 atom stereocenters. The van der Waals surface area contributed by atoms with Gasteiger partial charge < -0.3 is 9.84 Å². The quantitative estimate of drug-likeness (QED) is 0.687. The van der Waals surface area contributed by atoms with Crippen molar-refractivity contribution in [2.75, 3.05) is 13.1 Å². The number of nitrogens with zero attached hydrogens (tertiary/aromatic N) is 3. The predicted molar refractivity (Wildman–Crippen MR) is 111 cm³/mol. The molecular formula is C23H25FN4O2. The van der Waals surface area contributed by atoms with Gasteiger partial charge in [-0.2, -0.15) is 4.98 Å². The molecule has 0 spiro atoms. The summed E-state index contributed by atoms with van der Waals surface area (Å²) in [4.78, 5) is 19.1. The Hall–Kier alpha value is -3.06. The third-order valence-corrected chi connectivity index (χ3v) is 5.68. The average molecular weight is 408 g/mol. The van der Waals surface area contributed by atoms with Gasteiger partial charge in [0.05, 0.1) is 6.04 Å². The second-order valence-electron chi connectivity index (χ2n) is 7.75. The van der Waals surface area contributed by atoms with Crippen molar-refractivity contribution >= 4 is 5.91 Å². The lowest BCUT2D eigenvalue weighted by Gasteiger charge is -2.34. The Labute approximate surface area is 175 Å². The molecule has 3 aromatic rings. The van der Waals surface area contributed by atoms with E-state index in [-0.39, 0.29) is 23.8 Å². The van der Waals surface area contributed by atoms with Gasteiger partial charge >= 0.3 is 0 Å². The van der Waals surface area contributed by atoms with E-state index in [0.717, 1.165) is 25.9 Å². The maximum absolute atomic E-state index is 13.8. The molecule has 30 heavy (non-hydrogen) atoms. The SMILES string of the molecule is Cc1ccc(-c2noc([C@@H](C)N3CCC(NC(=O)c4ccccc4)CC3)n2)cc1F. The van der Waals surface area contributed by atoms with Crippen LogP contribution in [0.1, 0.15) is 47.6 Å². The van der Waals surface area contributed by atoms with Crippen LogP contribution in [0.5, 0.6) is 0 Å². The first-order valence-corrected chi connectivity index (χ1v) is 10.2. The van der Waals surface area contributed by atoms with Crippen LogP contribution in [0.4, 0.5) is 4.39 Å². The summed E-state index contributed by atoms with van der Waals surface area (Å²) in [6.45, 7) is 5.38. The number of likely N-dealkylation sites (tertiary alicyclic amines) is 1. The monoisotopic (exact) mass is 408 g/mol. The van der Waals surface area contributed by atoms with Crippen molar-refractivity contribution in [3.8, 4) is 11.4 Å². The Bertz CT molecular complexity index is 1010. The van der Waals surface area contributed by atoms with E-state index in [4.69, 9.17) is 4.52 Å². The van der Waals surface area contributed by atoms with Crippen LogP contribution in [0, 0.1) is 12.7 Å². The van der Waals surface area contributed by atoms with E-state index in [9.17, 15) is 9.18 Å². The van der Waals surface area contributed by atoms with Gasteiger partial charge in [0.1, 0.15) is 5.82 Å². The van der Waals surface area contributed by atoms with Crippen molar-refractivity contribution in [1.29, 1.82) is 0 Å². The van der Waals surface area contributed by atoms with E-state index in [0.29, 0.717) is 28.4 Å². The predicted octanol–water partition coefficient (Wildman–Crippen LogP) is 4.14. The van der Waals surface area contributed by atoms with Crippen LogP contribution in [0.3, 0.4) is 0 Å². The summed E-state index contributed by atoms with van der Waals surface area (Å²) in [5.41, 5.74) is 1.86. The second kappa shape index (κ2) is 8.75. The molecule has 156 valence electrons. The molecule has 1 amide bonds. The minimum absolute atomic E-state index is 0.0334. The molecule has 1 saturated heterocycles. The summed E-state index contributed by atoms with van der Waals surface area (Å²) >= 11 is 0. The molecule has 1 aliphatic rings.